The normalized spacial score (nSPS) is 10.1. The average molecular weight is 378 g/mol. The van der Waals surface area contributed by atoms with Crippen molar-refractivity contribution in [2.24, 2.45) is 0 Å². The smallest absolute Gasteiger partial charge is 0.253 e. The maximum atomic E-state index is 12.3. The SMILES string of the molecule is Cc1cc(Cl)ccc1CNC(=O)c1ccc(Oc2ccc(C#N)cc2)nc1. The van der Waals surface area contributed by atoms with E-state index in [1.807, 2.05) is 25.1 Å². The summed E-state index contributed by atoms with van der Waals surface area (Å²) in [5.41, 5.74) is 3.01. The maximum absolute atomic E-state index is 12.3. The van der Waals surface area contributed by atoms with Crippen LogP contribution >= 0.6 is 11.6 Å². The van der Waals surface area contributed by atoms with Gasteiger partial charge in [0.1, 0.15) is 5.75 Å². The number of hydrogen-bond donors (Lipinski definition) is 1. The topological polar surface area (TPSA) is 75.0 Å². The molecule has 1 aromatic heterocycles. The Bertz CT molecular complexity index is 993. The van der Waals surface area contributed by atoms with Crippen LogP contribution in [0.1, 0.15) is 27.0 Å². The summed E-state index contributed by atoms with van der Waals surface area (Å²) in [4.78, 5) is 16.4. The van der Waals surface area contributed by atoms with Gasteiger partial charge in [-0.15, -0.1) is 0 Å². The zero-order chi connectivity index (χ0) is 19.2. The molecule has 3 aromatic rings. The van der Waals surface area contributed by atoms with E-state index >= 15 is 0 Å². The van der Waals surface area contributed by atoms with Crippen LogP contribution in [-0.4, -0.2) is 10.9 Å². The molecular weight excluding hydrogens is 362 g/mol. The average Bonchev–Trinajstić information content (AvgIpc) is 2.68. The Kier molecular flexibility index (Phi) is 5.70. The molecule has 3 rings (SSSR count). The third kappa shape index (κ3) is 4.84. The fourth-order valence-corrected chi connectivity index (χ4v) is 2.66. The minimum absolute atomic E-state index is 0.221. The molecule has 134 valence electrons. The standard InChI is InChI=1S/C21H16ClN3O2/c1-14-10-18(22)6-4-16(14)12-25-21(26)17-5-9-20(24-13-17)27-19-7-2-15(11-23)3-8-19/h2-10,13H,12H2,1H3,(H,25,26). The van der Waals surface area contributed by atoms with Crippen LogP contribution in [-0.2, 0) is 6.54 Å². The molecule has 27 heavy (non-hydrogen) atoms. The van der Waals surface area contributed by atoms with E-state index in [0.29, 0.717) is 34.3 Å². The van der Waals surface area contributed by atoms with Gasteiger partial charge in [0.05, 0.1) is 17.2 Å². The lowest BCUT2D eigenvalue weighted by Gasteiger charge is -2.09. The number of rotatable bonds is 5. The number of carbonyl (C=O) groups is 1. The van der Waals surface area contributed by atoms with Crippen molar-refractivity contribution in [3.63, 3.8) is 0 Å². The highest BCUT2D eigenvalue weighted by atomic mass is 35.5. The second-order valence-electron chi connectivity index (χ2n) is 5.88. The summed E-state index contributed by atoms with van der Waals surface area (Å²) in [6.07, 6.45) is 1.46. The Labute approximate surface area is 162 Å². The second-order valence-corrected chi connectivity index (χ2v) is 6.31. The van der Waals surface area contributed by atoms with Gasteiger partial charge in [-0.1, -0.05) is 17.7 Å². The molecule has 0 aliphatic heterocycles. The highest BCUT2D eigenvalue weighted by molar-refractivity contribution is 6.30. The van der Waals surface area contributed by atoms with Crippen molar-refractivity contribution in [1.82, 2.24) is 10.3 Å². The number of nitriles is 1. The molecule has 2 aromatic carbocycles. The number of nitrogens with zero attached hydrogens (tertiary/aromatic N) is 2. The number of ether oxygens (including phenoxy) is 1. The predicted molar refractivity (Wildman–Crippen MR) is 103 cm³/mol. The molecule has 0 unspecified atom stereocenters. The molecule has 0 fully saturated rings. The molecule has 1 N–H and O–H groups in total. The Morgan fingerprint density at radius 2 is 1.96 bits per heavy atom. The minimum atomic E-state index is -0.221. The number of hydrogen-bond acceptors (Lipinski definition) is 4. The Morgan fingerprint density at radius 1 is 1.19 bits per heavy atom. The zero-order valence-electron chi connectivity index (χ0n) is 14.6. The van der Waals surface area contributed by atoms with Gasteiger partial charge in [-0.2, -0.15) is 5.26 Å². The van der Waals surface area contributed by atoms with Gasteiger partial charge >= 0.3 is 0 Å². The highest BCUT2D eigenvalue weighted by Crippen LogP contribution is 2.20. The first kappa shape index (κ1) is 18.4. The van der Waals surface area contributed by atoms with Crippen LogP contribution in [0.5, 0.6) is 11.6 Å². The van der Waals surface area contributed by atoms with E-state index in [2.05, 4.69) is 10.3 Å². The van der Waals surface area contributed by atoms with Crippen LogP contribution < -0.4 is 10.1 Å². The van der Waals surface area contributed by atoms with Crippen molar-refractivity contribution in [1.29, 1.82) is 5.26 Å². The highest BCUT2D eigenvalue weighted by Gasteiger charge is 2.08. The fourth-order valence-electron chi connectivity index (χ4n) is 2.43. The third-order valence-corrected chi connectivity index (χ3v) is 4.18. The number of benzene rings is 2. The molecule has 0 spiro atoms. The lowest BCUT2D eigenvalue weighted by molar-refractivity contribution is 0.0950. The molecule has 0 saturated heterocycles. The molecule has 0 bridgehead atoms. The number of amides is 1. The lowest BCUT2D eigenvalue weighted by atomic mass is 10.1. The number of aryl methyl sites for hydroxylation is 1. The first-order valence-electron chi connectivity index (χ1n) is 8.22. The van der Waals surface area contributed by atoms with E-state index in [1.165, 1.54) is 6.20 Å². The van der Waals surface area contributed by atoms with Crippen molar-refractivity contribution in [2.75, 3.05) is 0 Å². The van der Waals surface area contributed by atoms with Gasteiger partial charge in [-0.25, -0.2) is 4.98 Å². The van der Waals surface area contributed by atoms with Crippen LogP contribution in [0.2, 0.25) is 5.02 Å². The quantitative estimate of drug-likeness (QED) is 0.703. The van der Waals surface area contributed by atoms with Gasteiger partial charge in [-0.05, 0) is 60.5 Å². The lowest BCUT2D eigenvalue weighted by Crippen LogP contribution is -2.23. The molecule has 1 amide bonds. The van der Waals surface area contributed by atoms with Gasteiger partial charge in [0.2, 0.25) is 5.88 Å². The van der Waals surface area contributed by atoms with Crippen molar-refractivity contribution in [3.8, 4) is 17.7 Å². The molecule has 0 radical (unpaired) electrons. The van der Waals surface area contributed by atoms with E-state index < -0.39 is 0 Å². The minimum Gasteiger partial charge on any atom is -0.439 e. The zero-order valence-corrected chi connectivity index (χ0v) is 15.3. The van der Waals surface area contributed by atoms with E-state index in [1.54, 1.807) is 42.5 Å². The monoisotopic (exact) mass is 377 g/mol. The summed E-state index contributed by atoms with van der Waals surface area (Å²) in [7, 11) is 0. The van der Waals surface area contributed by atoms with Gasteiger partial charge in [0, 0.05) is 23.8 Å². The molecule has 5 nitrogen and oxygen atoms in total. The summed E-state index contributed by atoms with van der Waals surface area (Å²) in [6, 6.07) is 17.6. The van der Waals surface area contributed by atoms with E-state index in [4.69, 9.17) is 21.6 Å². The first-order chi connectivity index (χ1) is 13.0. The van der Waals surface area contributed by atoms with Crippen molar-refractivity contribution < 1.29 is 9.53 Å². The van der Waals surface area contributed by atoms with Crippen LogP contribution in [0.3, 0.4) is 0 Å². The van der Waals surface area contributed by atoms with Crippen LogP contribution in [0.4, 0.5) is 0 Å². The van der Waals surface area contributed by atoms with Gasteiger partial charge in [0.25, 0.3) is 5.91 Å². The fraction of sp³-hybridized carbons (Fsp3) is 0.0952. The van der Waals surface area contributed by atoms with Crippen LogP contribution in [0.25, 0.3) is 0 Å². The number of pyridine rings is 1. The third-order valence-electron chi connectivity index (χ3n) is 3.95. The van der Waals surface area contributed by atoms with Gasteiger partial charge < -0.3 is 10.1 Å². The summed E-state index contributed by atoms with van der Waals surface area (Å²) in [6.45, 7) is 2.36. The van der Waals surface area contributed by atoms with E-state index in [0.717, 1.165) is 11.1 Å². The summed E-state index contributed by atoms with van der Waals surface area (Å²) in [5.74, 6) is 0.712. The van der Waals surface area contributed by atoms with Crippen molar-refractivity contribution in [2.45, 2.75) is 13.5 Å². The number of halogens is 1. The Hall–Kier alpha value is -3.36. The van der Waals surface area contributed by atoms with E-state index in [-0.39, 0.29) is 5.91 Å². The summed E-state index contributed by atoms with van der Waals surface area (Å²) in [5, 5.41) is 12.3. The predicted octanol–water partition coefficient (Wildman–Crippen LogP) is 4.64. The van der Waals surface area contributed by atoms with Gasteiger partial charge in [-0.3, -0.25) is 4.79 Å². The molecule has 0 aliphatic rings. The van der Waals surface area contributed by atoms with Gasteiger partial charge in [0.15, 0.2) is 0 Å². The Morgan fingerprint density at radius 3 is 2.59 bits per heavy atom. The largest absolute Gasteiger partial charge is 0.439 e. The summed E-state index contributed by atoms with van der Waals surface area (Å²) < 4.78 is 5.60. The second kappa shape index (κ2) is 8.35. The van der Waals surface area contributed by atoms with Crippen molar-refractivity contribution in [3.05, 3.63) is 88.1 Å². The summed E-state index contributed by atoms with van der Waals surface area (Å²) >= 11 is 5.94. The molecule has 6 heteroatoms. The molecule has 1 heterocycles. The van der Waals surface area contributed by atoms with Crippen LogP contribution in [0, 0.1) is 18.3 Å². The number of carbonyl (C=O) groups excluding carboxylic acids is 1. The molecule has 0 aliphatic carbocycles. The Balaban J connectivity index is 1.60. The number of nitrogens with one attached hydrogen (secondary N) is 1. The first-order valence-corrected chi connectivity index (χ1v) is 8.60. The molecule has 0 atom stereocenters. The van der Waals surface area contributed by atoms with Crippen LogP contribution in [0.15, 0.2) is 60.8 Å². The van der Waals surface area contributed by atoms with Crippen molar-refractivity contribution >= 4 is 17.5 Å². The maximum Gasteiger partial charge on any atom is 0.253 e. The number of aromatic nitrogens is 1. The molecule has 0 saturated carbocycles. The van der Waals surface area contributed by atoms with E-state index in [9.17, 15) is 4.79 Å². The molecular formula is C21H16ClN3O2.